The average Bonchev–Trinajstić information content (AvgIpc) is 2.21. The number of anilines is 1. The molecule has 0 aliphatic rings. The van der Waals surface area contributed by atoms with E-state index in [9.17, 15) is 4.39 Å². The minimum Gasteiger partial charge on any atom is -0.409 e. The number of nitrogens with two attached hydrogens (primary N) is 1. The Morgan fingerprint density at radius 2 is 2.31 bits per heavy atom. The highest BCUT2D eigenvalue weighted by atomic mass is 79.9. The Hall–Kier alpha value is -1.01. The zero-order valence-electron chi connectivity index (χ0n) is 8.17. The number of nitrogens with zero attached hydrogens (tertiary/aromatic N) is 1. The van der Waals surface area contributed by atoms with Gasteiger partial charge in [0.1, 0.15) is 11.7 Å². The largest absolute Gasteiger partial charge is 0.409 e. The lowest BCUT2D eigenvalue weighted by Gasteiger charge is -2.10. The van der Waals surface area contributed by atoms with Gasteiger partial charge in [-0.2, -0.15) is 0 Å². The highest BCUT2D eigenvalue weighted by molar-refractivity contribution is 9.10. The molecule has 1 rings (SSSR count). The fourth-order valence-corrected chi connectivity index (χ4v) is 2.04. The SMILES string of the molecule is NC(CCNc1c(Cl)cc(F)cc1Br)=NO. The van der Waals surface area contributed by atoms with Crippen LogP contribution >= 0.6 is 27.5 Å². The molecule has 0 saturated heterocycles. The molecule has 0 unspecified atom stereocenters. The van der Waals surface area contributed by atoms with Gasteiger partial charge in [-0.1, -0.05) is 16.8 Å². The van der Waals surface area contributed by atoms with Crippen molar-refractivity contribution in [3.63, 3.8) is 0 Å². The van der Waals surface area contributed by atoms with Crippen LogP contribution in [0.3, 0.4) is 0 Å². The van der Waals surface area contributed by atoms with Gasteiger partial charge in [-0.15, -0.1) is 0 Å². The van der Waals surface area contributed by atoms with Crippen molar-refractivity contribution in [2.45, 2.75) is 6.42 Å². The van der Waals surface area contributed by atoms with Gasteiger partial charge in [0.2, 0.25) is 0 Å². The number of halogens is 3. The van der Waals surface area contributed by atoms with E-state index in [2.05, 4.69) is 26.4 Å². The molecule has 16 heavy (non-hydrogen) atoms. The van der Waals surface area contributed by atoms with Crippen LogP contribution in [0.2, 0.25) is 5.02 Å². The van der Waals surface area contributed by atoms with Gasteiger partial charge in [-0.3, -0.25) is 0 Å². The molecule has 0 heterocycles. The second-order valence-corrected chi connectivity index (χ2v) is 4.27. The third kappa shape index (κ3) is 3.53. The zero-order chi connectivity index (χ0) is 12.1. The van der Waals surface area contributed by atoms with Crippen molar-refractivity contribution in [1.29, 1.82) is 0 Å². The van der Waals surface area contributed by atoms with Gasteiger partial charge in [0.25, 0.3) is 0 Å². The normalized spacial score (nSPS) is 11.6. The molecule has 4 nitrogen and oxygen atoms in total. The first-order valence-electron chi connectivity index (χ1n) is 4.39. The van der Waals surface area contributed by atoms with Gasteiger partial charge >= 0.3 is 0 Å². The lowest BCUT2D eigenvalue weighted by molar-refractivity contribution is 0.317. The summed E-state index contributed by atoms with van der Waals surface area (Å²) >= 11 is 9.03. The van der Waals surface area contributed by atoms with Crippen LogP contribution in [-0.4, -0.2) is 17.6 Å². The summed E-state index contributed by atoms with van der Waals surface area (Å²) in [5, 5.41) is 14.4. The van der Waals surface area contributed by atoms with Gasteiger partial charge in [-0.05, 0) is 28.1 Å². The zero-order valence-corrected chi connectivity index (χ0v) is 10.5. The molecule has 0 saturated carbocycles. The van der Waals surface area contributed by atoms with Crippen LogP contribution in [-0.2, 0) is 0 Å². The molecule has 0 aromatic heterocycles. The fraction of sp³-hybridized carbons (Fsp3) is 0.222. The monoisotopic (exact) mass is 309 g/mol. The van der Waals surface area contributed by atoms with Crippen LogP contribution in [0.25, 0.3) is 0 Å². The van der Waals surface area contributed by atoms with E-state index in [4.69, 9.17) is 22.5 Å². The highest BCUT2D eigenvalue weighted by Gasteiger charge is 2.07. The third-order valence-corrected chi connectivity index (χ3v) is 2.74. The molecule has 4 N–H and O–H groups in total. The second kappa shape index (κ2) is 5.91. The van der Waals surface area contributed by atoms with E-state index < -0.39 is 5.82 Å². The predicted molar refractivity (Wildman–Crippen MR) is 65.6 cm³/mol. The minimum atomic E-state index is -0.418. The topological polar surface area (TPSA) is 70.6 Å². The lowest BCUT2D eigenvalue weighted by Crippen LogP contribution is -2.16. The van der Waals surface area contributed by atoms with Crippen molar-refractivity contribution in [1.82, 2.24) is 0 Å². The number of amidine groups is 1. The molecule has 0 aliphatic heterocycles. The van der Waals surface area contributed by atoms with Crippen LogP contribution in [0, 0.1) is 5.82 Å². The second-order valence-electron chi connectivity index (χ2n) is 3.01. The Balaban J connectivity index is 2.67. The van der Waals surface area contributed by atoms with E-state index in [1.54, 1.807) is 0 Å². The summed E-state index contributed by atoms with van der Waals surface area (Å²) in [5.74, 6) is -0.305. The molecule has 1 aromatic carbocycles. The Kier molecular flexibility index (Phi) is 4.82. The van der Waals surface area contributed by atoms with Crippen LogP contribution < -0.4 is 11.1 Å². The summed E-state index contributed by atoms with van der Waals surface area (Å²) in [5.41, 5.74) is 5.87. The average molecular weight is 311 g/mol. The van der Waals surface area contributed by atoms with Crippen LogP contribution in [0.1, 0.15) is 6.42 Å². The Bertz CT molecular complexity index is 391. The molecule has 7 heteroatoms. The number of hydrogen-bond donors (Lipinski definition) is 3. The van der Waals surface area contributed by atoms with Crippen molar-refractivity contribution in [2.75, 3.05) is 11.9 Å². The predicted octanol–water partition coefficient (Wildman–Crippen LogP) is 2.79. The summed E-state index contributed by atoms with van der Waals surface area (Å²) in [6.45, 7) is 0.430. The fourth-order valence-electron chi connectivity index (χ4n) is 1.08. The smallest absolute Gasteiger partial charge is 0.140 e. The van der Waals surface area contributed by atoms with E-state index in [1.165, 1.54) is 12.1 Å². The Labute approximate surface area is 105 Å². The first kappa shape index (κ1) is 13.1. The molecular formula is C9H10BrClFN3O. The highest BCUT2D eigenvalue weighted by Crippen LogP contribution is 2.31. The molecule has 0 bridgehead atoms. The van der Waals surface area contributed by atoms with Gasteiger partial charge in [0, 0.05) is 17.4 Å². The summed E-state index contributed by atoms with van der Waals surface area (Å²) in [6.07, 6.45) is 0.358. The van der Waals surface area contributed by atoms with Crippen molar-refractivity contribution >= 4 is 39.1 Å². The maximum absolute atomic E-state index is 12.9. The van der Waals surface area contributed by atoms with E-state index >= 15 is 0 Å². The van der Waals surface area contributed by atoms with Crippen molar-refractivity contribution < 1.29 is 9.60 Å². The summed E-state index contributed by atoms with van der Waals surface area (Å²) < 4.78 is 13.4. The summed E-state index contributed by atoms with van der Waals surface area (Å²) in [4.78, 5) is 0. The van der Waals surface area contributed by atoms with Crippen molar-refractivity contribution in [3.05, 3.63) is 27.4 Å². The van der Waals surface area contributed by atoms with Crippen LogP contribution in [0.4, 0.5) is 10.1 Å². The maximum atomic E-state index is 12.9. The third-order valence-electron chi connectivity index (χ3n) is 1.82. The molecular weight excluding hydrogens is 300 g/mol. The number of nitrogens with one attached hydrogen (secondary N) is 1. The van der Waals surface area contributed by atoms with Gasteiger partial charge in [0.05, 0.1) is 10.7 Å². The first-order valence-corrected chi connectivity index (χ1v) is 5.56. The minimum absolute atomic E-state index is 0.113. The molecule has 0 aliphatic carbocycles. The molecule has 1 aromatic rings. The molecule has 0 fully saturated rings. The van der Waals surface area contributed by atoms with E-state index in [0.29, 0.717) is 23.1 Å². The molecule has 0 atom stereocenters. The first-order chi connectivity index (χ1) is 7.54. The van der Waals surface area contributed by atoms with Gasteiger partial charge in [0.15, 0.2) is 0 Å². The lowest BCUT2D eigenvalue weighted by atomic mass is 10.3. The van der Waals surface area contributed by atoms with Crippen molar-refractivity contribution in [3.8, 4) is 0 Å². The van der Waals surface area contributed by atoms with Gasteiger partial charge < -0.3 is 16.3 Å². The quantitative estimate of drug-likeness (QED) is 0.347. The van der Waals surface area contributed by atoms with E-state index in [0.717, 1.165) is 0 Å². The van der Waals surface area contributed by atoms with Crippen LogP contribution in [0.15, 0.2) is 21.8 Å². The Morgan fingerprint density at radius 1 is 1.62 bits per heavy atom. The summed E-state index contributed by atoms with van der Waals surface area (Å²) in [6, 6.07) is 2.51. The number of rotatable bonds is 4. The van der Waals surface area contributed by atoms with Gasteiger partial charge in [-0.25, -0.2) is 4.39 Å². The molecule has 88 valence electrons. The van der Waals surface area contributed by atoms with Crippen molar-refractivity contribution in [2.24, 2.45) is 10.9 Å². The molecule has 0 radical (unpaired) electrons. The number of hydrogen-bond acceptors (Lipinski definition) is 3. The van der Waals surface area contributed by atoms with Crippen LogP contribution in [0.5, 0.6) is 0 Å². The Morgan fingerprint density at radius 3 is 2.88 bits per heavy atom. The summed E-state index contributed by atoms with van der Waals surface area (Å²) in [7, 11) is 0. The maximum Gasteiger partial charge on any atom is 0.140 e. The molecule has 0 amide bonds. The molecule has 0 spiro atoms. The standard InChI is InChI=1S/C9H10BrClFN3O/c10-6-3-5(12)4-7(11)9(6)14-2-1-8(13)15-16/h3-4,14,16H,1-2H2,(H2,13,15). The van der Waals surface area contributed by atoms with E-state index in [1.807, 2.05) is 0 Å². The number of oxime groups is 1. The number of benzene rings is 1. The van der Waals surface area contributed by atoms with E-state index in [-0.39, 0.29) is 10.9 Å².